The second-order valence-electron chi connectivity index (χ2n) is 8.59. The van der Waals surface area contributed by atoms with Gasteiger partial charge < -0.3 is 10.6 Å². The summed E-state index contributed by atoms with van der Waals surface area (Å²) in [5.74, 6) is -0.372. The number of carbonyl (C=O) groups is 1. The number of para-hydroxylation sites is 1. The van der Waals surface area contributed by atoms with Gasteiger partial charge in [-0.25, -0.2) is 28.8 Å². The maximum absolute atomic E-state index is 14.9. The van der Waals surface area contributed by atoms with E-state index in [1.54, 1.807) is 35.3 Å². The normalized spacial score (nSPS) is 16.5. The van der Waals surface area contributed by atoms with Gasteiger partial charge in [-0.05, 0) is 44.4 Å². The fraction of sp³-hybridized carbons (Fsp3) is 0.292. The zero-order valence-corrected chi connectivity index (χ0v) is 19.6. The number of nitrogens with one attached hydrogen (secondary N) is 3. The Morgan fingerprint density at radius 1 is 1.23 bits per heavy atom. The summed E-state index contributed by atoms with van der Waals surface area (Å²) < 4.78 is 16.5. The maximum Gasteiger partial charge on any atom is 0.321 e. The van der Waals surface area contributed by atoms with Crippen LogP contribution in [0.15, 0.2) is 43.0 Å². The first kappa shape index (κ1) is 21.8. The van der Waals surface area contributed by atoms with Crippen molar-refractivity contribution < 1.29 is 9.18 Å². The molecule has 9 nitrogen and oxygen atoms in total. The number of hydrogen-bond donors (Lipinski definition) is 3. The highest BCUT2D eigenvalue weighted by Gasteiger charge is 2.31. The van der Waals surface area contributed by atoms with E-state index < -0.39 is 0 Å². The lowest BCUT2D eigenvalue weighted by molar-refractivity contribution is 0.251. The van der Waals surface area contributed by atoms with Gasteiger partial charge in [-0.15, -0.1) is 0 Å². The summed E-state index contributed by atoms with van der Waals surface area (Å²) in [5.41, 5.74) is 4.48. The minimum atomic E-state index is -0.372. The van der Waals surface area contributed by atoms with E-state index in [1.807, 2.05) is 0 Å². The number of nitrogens with zero attached hydrogens (tertiary/aromatic N) is 5. The van der Waals surface area contributed by atoms with E-state index in [9.17, 15) is 9.18 Å². The van der Waals surface area contributed by atoms with Crippen molar-refractivity contribution in [3.63, 3.8) is 0 Å². The highest BCUT2D eigenvalue weighted by Crippen LogP contribution is 2.44. The molecular weight excluding hydrogens is 467 g/mol. The number of hydrogen-bond acceptors (Lipinski definition) is 7. The molecule has 11 heteroatoms. The zero-order chi connectivity index (χ0) is 23.8. The van der Waals surface area contributed by atoms with Gasteiger partial charge in [0.15, 0.2) is 5.13 Å². The number of urea groups is 1. The maximum atomic E-state index is 14.9. The van der Waals surface area contributed by atoms with Gasteiger partial charge in [-0.1, -0.05) is 23.5 Å². The predicted octanol–water partition coefficient (Wildman–Crippen LogP) is 3.56. The van der Waals surface area contributed by atoms with Crippen molar-refractivity contribution in [1.29, 1.82) is 0 Å². The van der Waals surface area contributed by atoms with E-state index in [2.05, 4.69) is 30.9 Å². The quantitative estimate of drug-likeness (QED) is 0.395. The van der Waals surface area contributed by atoms with Gasteiger partial charge in [0.05, 0.1) is 22.0 Å². The topological polar surface area (TPSA) is 110 Å². The fourth-order valence-corrected chi connectivity index (χ4v) is 5.73. The van der Waals surface area contributed by atoms with Crippen LogP contribution in [0, 0.1) is 5.82 Å². The number of fused-ring (bicyclic) bond motifs is 3. The number of amides is 2. The van der Waals surface area contributed by atoms with Crippen LogP contribution in [-0.4, -0.2) is 49.9 Å². The molecule has 178 valence electrons. The van der Waals surface area contributed by atoms with Crippen molar-refractivity contribution >= 4 is 22.5 Å². The SMILES string of the molecule is O=C(NC[C@H]1CCCN1)Nc1nc2c(s1)-c1c(c(-c3cncnc3)nn1-c1ccccc1F)CC2. The summed E-state index contributed by atoms with van der Waals surface area (Å²) in [6.45, 7) is 1.56. The van der Waals surface area contributed by atoms with Crippen LogP contribution >= 0.6 is 11.3 Å². The minimum absolute atomic E-state index is 0.283. The number of anilines is 1. The molecule has 4 aromatic rings. The van der Waals surface area contributed by atoms with Gasteiger partial charge in [0.2, 0.25) is 0 Å². The largest absolute Gasteiger partial charge is 0.336 e. The van der Waals surface area contributed by atoms with Gasteiger partial charge in [-0.3, -0.25) is 5.32 Å². The Labute approximate surface area is 204 Å². The van der Waals surface area contributed by atoms with Gasteiger partial charge >= 0.3 is 6.03 Å². The van der Waals surface area contributed by atoms with E-state index >= 15 is 0 Å². The van der Waals surface area contributed by atoms with E-state index in [-0.39, 0.29) is 11.8 Å². The average molecular weight is 491 g/mol. The van der Waals surface area contributed by atoms with Crippen molar-refractivity contribution in [3.8, 4) is 27.5 Å². The monoisotopic (exact) mass is 490 g/mol. The van der Waals surface area contributed by atoms with E-state index in [0.717, 1.165) is 52.5 Å². The molecule has 0 spiro atoms. The lowest BCUT2D eigenvalue weighted by Crippen LogP contribution is -2.39. The van der Waals surface area contributed by atoms with Crippen LogP contribution in [-0.2, 0) is 12.8 Å². The Balaban J connectivity index is 1.36. The van der Waals surface area contributed by atoms with Crippen LogP contribution < -0.4 is 16.0 Å². The van der Waals surface area contributed by atoms with Crippen molar-refractivity contribution in [1.82, 2.24) is 35.4 Å². The summed E-state index contributed by atoms with van der Waals surface area (Å²) in [5, 5.41) is 14.5. The smallest absolute Gasteiger partial charge is 0.321 e. The summed E-state index contributed by atoms with van der Waals surface area (Å²) >= 11 is 1.37. The third kappa shape index (κ3) is 4.17. The van der Waals surface area contributed by atoms with Crippen LogP contribution in [0.1, 0.15) is 24.1 Å². The Hall–Kier alpha value is -3.70. The number of halogens is 1. The Kier molecular flexibility index (Phi) is 5.71. The van der Waals surface area contributed by atoms with Crippen molar-refractivity contribution in [2.75, 3.05) is 18.4 Å². The molecule has 0 unspecified atom stereocenters. The number of thiazole rings is 1. The minimum Gasteiger partial charge on any atom is -0.336 e. The molecule has 0 radical (unpaired) electrons. The average Bonchev–Trinajstić information content (AvgIpc) is 3.62. The van der Waals surface area contributed by atoms with Crippen LogP contribution in [0.2, 0.25) is 0 Å². The van der Waals surface area contributed by atoms with Crippen molar-refractivity contribution in [2.24, 2.45) is 0 Å². The highest BCUT2D eigenvalue weighted by atomic mass is 32.1. The molecule has 2 aliphatic rings. The lowest BCUT2D eigenvalue weighted by Gasteiger charge is -2.14. The van der Waals surface area contributed by atoms with E-state index in [4.69, 9.17) is 5.10 Å². The molecule has 0 bridgehead atoms. The van der Waals surface area contributed by atoms with Gasteiger partial charge in [-0.2, -0.15) is 5.10 Å². The Morgan fingerprint density at radius 3 is 2.89 bits per heavy atom. The summed E-state index contributed by atoms with van der Waals surface area (Å²) in [6, 6.07) is 6.58. The molecule has 1 aliphatic carbocycles. The van der Waals surface area contributed by atoms with Crippen LogP contribution in [0.5, 0.6) is 0 Å². The van der Waals surface area contributed by atoms with E-state index in [1.165, 1.54) is 23.7 Å². The fourth-order valence-electron chi connectivity index (χ4n) is 4.66. The predicted molar refractivity (Wildman–Crippen MR) is 131 cm³/mol. The molecule has 4 heterocycles. The van der Waals surface area contributed by atoms with Crippen LogP contribution in [0.25, 0.3) is 27.5 Å². The first-order chi connectivity index (χ1) is 17.2. The summed E-state index contributed by atoms with van der Waals surface area (Å²) in [6.07, 6.45) is 8.45. The molecule has 3 N–H and O–H groups in total. The van der Waals surface area contributed by atoms with Gasteiger partial charge in [0.25, 0.3) is 0 Å². The summed E-state index contributed by atoms with van der Waals surface area (Å²) in [7, 11) is 0. The number of rotatable bonds is 5. The highest BCUT2D eigenvalue weighted by molar-refractivity contribution is 7.19. The molecule has 0 saturated carbocycles. The third-order valence-electron chi connectivity index (χ3n) is 6.31. The molecule has 1 aromatic carbocycles. The number of carbonyl (C=O) groups excluding carboxylic acids is 1. The molecule has 1 aliphatic heterocycles. The molecule has 1 atom stereocenters. The molecule has 35 heavy (non-hydrogen) atoms. The first-order valence-electron chi connectivity index (χ1n) is 11.6. The van der Waals surface area contributed by atoms with Gasteiger partial charge in [0, 0.05) is 36.1 Å². The third-order valence-corrected chi connectivity index (χ3v) is 7.33. The van der Waals surface area contributed by atoms with Crippen LogP contribution in [0.4, 0.5) is 14.3 Å². The number of aromatic nitrogens is 5. The van der Waals surface area contributed by atoms with Crippen molar-refractivity contribution in [2.45, 2.75) is 31.7 Å². The Bertz CT molecular complexity index is 1380. The molecule has 3 aromatic heterocycles. The summed E-state index contributed by atoms with van der Waals surface area (Å²) in [4.78, 5) is 26.3. The molecule has 1 fully saturated rings. The standard InChI is InChI=1S/C24H23FN8OS/c25-17-5-1-2-6-19(17)33-21-16(20(32-33)14-10-26-13-27-11-14)7-8-18-22(21)35-24(30-18)31-23(34)29-12-15-4-3-9-28-15/h1-2,5-6,10-11,13,15,28H,3-4,7-9,12H2,(H2,29,30,31,34)/t15-/m1/s1. The first-order valence-corrected chi connectivity index (χ1v) is 12.4. The molecule has 1 saturated heterocycles. The lowest BCUT2D eigenvalue weighted by atomic mass is 9.96. The van der Waals surface area contributed by atoms with E-state index in [0.29, 0.717) is 36.2 Å². The second kappa shape index (κ2) is 9.16. The molecule has 2 amide bonds. The zero-order valence-electron chi connectivity index (χ0n) is 18.8. The van der Waals surface area contributed by atoms with Crippen LogP contribution in [0.3, 0.4) is 0 Å². The second-order valence-corrected chi connectivity index (χ2v) is 9.59. The molecule has 6 rings (SSSR count). The Morgan fingerprint density at radius 2 is 2.09 bits per heavy atom. The van der Waals surface area contributed by atoms with Gasteiger partial charge in [0.1, 0.15) is 17.8 Å². The number of benzene rings is 1. The molecular formula is C24H23FN8OS. The number of aryl methyl sites for hydroxylation is 1. The van der Waals surface area contributed by atoms with Crippen molar-refractivity contribution in [3.05, 3.63) is 60.1 Å².